The number of sulfonamides is 1. The molecule has 0 spiro atoms. The summed E-state index contributed by atoms with van der Waals surface area (Å²) in [4.78, 5) is 17.5. The maximum absolute atomic E-state index is 12.4. The van der Waals surface area contributed by atoms with E-state index < -0.39 is 16.0 Å². The number of benzene rings is 2. The molecule has 0 radical (unpaired) electrons. The van der Waals surface area contributed by atoms with E-state index in [2.05, 4.69) is 4.98 Å². The minimum atomic E-state index is -3.98. The summed E-state index contributed by atoms with van der Waals surface area (Å²) < 4.78 is 28.2. The molecule has 3 rings (SSSR count). The fraction of sp³-hybridized carbons (Fsp3) is 0.111. The van der Waals surface area contributed by atoms with Gasteiger partial charge in [0.05, 0.1) is 21.0 Å². The van der Waals surface area contributed by atoms with E-state index in [-0.39, 0.29) is 27.2 Å². The number of aromatic nitrogens is 1. The second-order valence-electron chi connectivity index (χ2n) is 5.76. The van der Waals surface area contributed by atoms with Crippen molar-refractivity contribution in [2.75, 3.05) is 6.26 Å². The average molecular weight is 457 g/mol. The Morgan fingerprint density at radius 2 is 1.93 bits per heavy atom. The Morgan fingerprint density at radius 3 is 2.61 bits per heavy atom. The number of halogens is 2. The third-order valence-corrected chi connectivity index (χ3v) is 6.19. The maximum Gasteiger partial charge on any atom is 0.340 e. The number of ether oxygens (including phenoxy) is 1. The molecule has 0 saturated heterocycles. The molecule has 2 N–H and O–H groups in total. The number of carbonyl (C=O) groups is 1. The molecule has 0 saturated carbocycles. The summed E-state index contributed by atoms with van der Waals surface area (Å²) in [5, 5.41) is 6.19. The first kappa shape index (κ1) is 20.9. The molecule has 1 aromatic heterocycles. The number of esters is 1. The lowest BCUT2D eigenvalue weighted by molar-refractivity contribution is 0.0472. The molecule has 0 amide bonds. The first-order chi connectivity index (χ1) is 13.2. The molecule has 1 heterocycles. The maximum atomic E-state index is 12.4. The van der Waals surface area contributed by atoms with Gasteiger partial charge in [-0.3, -0.25) is 0 Å². The summed E-state index contributed by atoms with van der Waals surface area (Å²) in [6.07, 6.45) is 1.96. The van der Waals surface area contributed by atoms with Crippen molar-refractivity contribution in [2.24, 2.45) is 5.14 Å². The third-order valence-electron chi connectivity index (χ3n) is 3.90. The van der Waals surface area contributed by atoms with Crippen LogP contribution in [0.3, 0.4) is 0 Å². The van der Waals surface area contributed by atoms with Crippen molar-refractivity contribution in [3.8, 4) is 0 Å². The average Bonchev–Trinajstić information content (AvgIpc) is 2.65. The monoisotopic (exact) mass is 456 g/mol. The van der Waals surface area contributed by atoms with E-state index in [0.29, 0.717) is 5.56 Å². The molecule has 10 heteroatoms. The van der Waals surface area contributed by atoms with Crippen LogP contribution in [0.5, 0.6) is 0 Å². The molecule has 146 valence electrons. The van der Waals surface area contributed by atoms with Gasteiger partial charge < -0.3 is 4.74 Å². The van der Waals surface area contributed by atoms with E-state index >= 15 is 0 Å². The predicted octanol–water partition coefficient (Wildman–Crippen LogP) is 4.27. The number of nitrogens with two attached hydrogens (primary N) is 1. The van der Waals surface area contributed by atoms with E-state index in [1.54, 1.807) is 17.8 Å². The Balaban J connectivity index is 1.84. The Labute approximate surface area is 176 Å². The first-order valence-electron chi connectivity index (χ1n) is 7.81. The van der Waals surface area contributed by atoms with Gasteiger partial charge in [0.15, 0.2) is 0 Å². The van der Waals surface area contributed by atoms with Gasteiger partial charge >= 0.3 is 5.97 Å². The highest BCUT2D eigenvalue weighted by molar-refractivity contribution is 7.98. The molecule has 0 aliphatic heterocycles. The van der Waals surface area contributed by atoms with Gasteiger partial charge in [-0.1, -0.05) is 29.3 Å². The van der Waals surface area contributed by atoms with E-state index in [4.69, 9.17) is 33.1 Å². The number of primary sulfonamides is 1. The zero-order chi connectivity index (χ0) is 20.5. The Kier molecular flexibility index (Phi) is 6.16. The smallest absolute Gasteiger partial charge is 0.340 e. The number of hydrogen-bond acceptors (Lipinski definition) is 6. The number of pyridine rings is 1. The van der Waals surface area contributed by atoms with Gasteiger partial charge in [-0.2, -0.15) is 0 Å². The van der Waals surface area contributed by atoms with Crippen molar-refractivity contribution in [1.29, 1.82) is 0 Å². The molecular formula is C18H14Cl2N2O4S2. The quantitative estimate of drug-likeness (QED) is 0.349. The molecule has 28 heavy (non-hydrogen) atoms. The molecular weight excluding hydrogens is 443 g/mol. The molecule has 0 bridgehead atoms. The molecule has 6 nitrogen and oxygen atoms in total. The van der Waals surface area contributed by atoms with Crippen molar-refractivity contribution < 1.29 is 17.9 Å². The number of nitrogens with zero attached hydrogens (tertiary/aromatic N) is 1. The molecule has 0 atom stereocenters. The summed E-state index contributed by atoms with van der Waals surface area (Å²) in [7, 11) is -3.98. The number of rotatable bonds is 5. The summed E-state index contributed by atoms with van der Waals surface area (Å²) in [6, 6.07) is 11.1. The minimum Gasteiger partial charge on any atom is -0.457 e. The van der Waals surface area contributed by atoms with E-state index in [1.807, 2.05) is 24.5 Å². The second kappa shape index (κ2) is 8.26. The van der Waals surface area contributed by atoms with Crippen molar-refractivity contribution >= 4 is 61.9 Å². The number of fused-ring (bicyclic) bond motifs is 1. The molecule has 0 fully saturated rings. The molecule has 0 aliphatic carbocycles. The zero-order valence-corrected chi connectivity index (χ0v) is 17.6. The normalized spacial score (nSPS) is 11.6. The SMILES string of the molecule is CSc1ccc2cc(COC(=O)c3cc(S(N)(=O)=O)ccc3Cl)c(Cl)nc2c1. The second-order valence-corrected chi connectivity index (χ2v) is 8.97. The van der Waals surface area contributed by atoms with Crippen molar-refractivity contribution in [3.63, 3.8) is 0 Å². The van der Waals surface area contributed by atoms with Crippen molar-refractivity contribution in [2.45, 2.75) is 16.4 Å². The minimum absolute atomic E-state index is 0.0460. The number of hydrogen-bond donors (Lipinski definition) is 1. The zero-order valence-electron chi connectivity index (χ0n) is 14.5. The van der Waals surface area contributed by atoms with E-state index in [1.165, 1.54) is 12.1 Å². The summed E-state index contributed by atoms with van der Waals surface area (Å²) in [5.41, 5.74) is 1.14. The van der Waals surface area contributed by atoms with Gasteiger partial charge in [-0.15, -0.1) is 11.8 Å². The highest BCUT2D eigenvalue weighted by Gasteiger charge is 2.18. The van der Waals surface area contributed by atoms with Gasteiger partial charge in [-0.05, 0) is 42.7 Å². The van der Waals surface area contributed by atoms with E-state index in [9.17, 15) is 13.2 Å². The Morgan fingerprint density at radius 1 is 1.18 bits per heavy atom. The molecule has 0 aliphatic rings. The van der Waals surface area contributed by atoms with Crippen LogP contribution in [-0.4, -0.2) is 25.6 Å². The predicted molar refractivity (Wildman–Crippen MR) is 110 cm³/mol. The van der Waals surface area contributed by atoms with Crippen LogP contribution in [0.1, 0.15) is 15.9 Å². The first-order valence-corrected chi connectivity index (χ1v) is 11.3. The Hall–Kier alpha value is -1.84. The van der Waals surface area contributed by atoms with Crippen LogP contribution < -0.4 is 5.14 Å². The lowest BCUT2D eigenvalue weighted by Crippen LogP contribution is -2.14. The standard InChI is InChI=1S/C18H14Cl2N2O4S2/c1-27-12-3-2-10-6-11(17(20)22-16(10)7-12)9-26-18(23)14-8-13(28(21,24)25)4-5-15(14)19/h2-8H,9H2,1H3,(H2,21,24,25). The lowest BCUT2D eigenvalue weighted by atomic mass is 10.1. The van der Waals surface area contributed by atoms with Crippen LogP contribution in [0.4, 0.5) is 0 Å². The molecule has 0 unspecified atom stereocenters. The highest BCUT2D eigenvalue weighted by Crippen LogP contribution is 2.26. The lowest BCUT2D eigenvalue weighted by Gasteiger charge is -2.10. The van der Waals surface area contributed by atoms with Gasteiger partial charge in [0.25, 0.3) is 0 Å². The highest BCUT2D eigenvalue weighted by atomic mass is 35.5. The Bertz CT molecular complexity index is 1180. The summed E-state index contributed by atoms with van der Waals surface area (Å²) >= 11 is 13.8. The summed E-state index contributed by atoms with van der Waals surface area (Å²) in [5.74, 6) is -0.801. The topological polar surface area (TPSA) is 99.4 Å². The van der Waals surface area contributed by atoms with Gasteiger partial charge in [-0.25, -0.2) is 23.3 Å². The molecule has 3 aromatic rings. The molecule has 2 aromatic carbocycles. The van der Waals surface area contributed by atoms with Crippen LogP contribution in [0.15, 0.2) is 52.3 Å². The van der Waals surface area contributed by atoms with Crippen LogP contribution >= 0.6 is 35.0 Å². The van der Waals surface area contributed by atoms with Crippen LogP contribution in [-0.2, 0) is 21.4 Å². The van der Waals surface area contributed by atoms with E-state index in [0.717, 1.165) is 21.9 Å². The van der Waals surface area contributed by atoms with Crippen LogP contribution in [0.2, 0.25) is 10.2 Å². The largest absolute Gasteiger partial charge is 0.457 e. The van der Waals surface area contributed by atoms with Crippen LogP contribution in [0, 0.1) is 0 Å². The summed E-state index contributed by atoms with van der Waals surface area (Å²) in [6.45, 7) is -0.152. The fourth-order valence-electron chi connectivity index (χ4n) is 2.45. The number of carbonyl (C=O) groups excluding carboxylic acids is 1. The number of thioether (sulfide) groups is 1. The fourth-order valence-corrected chi connectivity index (χ4v) is 3.82. The van der Waals surface area contributed by atoms with Crippen molar-refractivity contribution in [3.05, 3.63) is 63.8 Å². The van der Waals surface area contributed by atoms with Crippen LogP contribution in [0.25, 0.3) is 10.9 Å². The third kappa shape index (κ3) is 4.59. The van der Waals surface area contributed by atoms with Gasteiger partial charge in [0.2, 0.25) is 10.0 Å². The van der Waals surface area contributed by atoms with Gasteiger partial charge in [0, 0.05) is 15.8 Å². The van der Waals surface area contributed by atoms with Gasteiger partial charge in [0.1, 0.15) is 11.8 Å². The van der Waals surface area contributed by atoms with Crippen molar-refractivity contribution in [1.82, 2.24) is 4.98 Å².